The van der Waals surface area contributed by atoms with Crippen molar-refractivity contribution in [2.24, 2.45) is 10.9 Å². The van der Waals surface area contributed by atoms with Crippen LogP contribution in [0.2, 0.25) is 0 Å². The van der Waals surface area contributed by atoms with Gasteiger partial charge in [0.15, 0.2) is 5.96 Å². The molecule has 1 aliphatic rings. The summed E-state index contributed by atoms with van der Waals surface area (Å²) in [6.45, 7) is 12.7. The molecule has 1 unspecified atom stereocenters. The molecule has 0 bridgehead atoms. The van der Waals surface area contributed by atoms with E-state index in [1.54, 1.807) is 6.92 Å². The Morgan fingerprint density at radius 3 is 2.54 bits per heavy atom. The molecule has 0 saturated carbocycles. The molecule has 1 heterocycles. The zero-order valence-electron chi connectivity index (χ0n) is 15.7. The fourth-order valence-electron chi connectivity index (χ4n) is 2.43. The van der Waals surface area contributed by atoms with Crippen LogP contribution in [0.1, 0.15) is 53.9 Å². The number of carbonyl (C=O) groups excluding carboxylic acids is 2. The average Bonchev–Trinajstić information content (AvgIpc) is 2.74. The number of hydrogen-bond acceptors (Lipinski definition) is 3. The molecule has 0 spiro atoms. The van der Waals surface area contributed by atoms with Gasteiger partial charge in [-0.2, -0.15) is 0 Å². The van der Waals surface area contributed by atoms with Gasteiger partial charge in [0.05, 0.1) is 0 Å². The maximum atomic E-state index is 12.3. The first kappa shape index (κ1) is 20.3. The molecule has 1 saturated heterocycles. The maximum Gasteiger partial charge on any atom is 0.325 e. The molecule has 0 radical (unpaired) electrons. The number of amides is 3. The van der Waals surface area contributed by atoms with Gasteiger partial charge in [0.25, 0.3) is 5.91 Å². The number of aliphatic imine (C=N–C) groups is 1. The molecule has 24 heavy (non-hydrogen) atoms. The van der Waals surface area contributed by atoms with E-state index >= 15 is 0 Å². The topological polar surface area (TPSA) is 85.8 Å². The highest BCUT2D eigenvalue weighted by molar-refractivity contribution is 6.06. The standard InChI is InChI=1S/C17H33N5O2/c1-6-17(5)14(23)22(16(24)21-17)12-8-10-19-15(18-7-2)20-11-9-13(3)4/h13H,6-12H2,1-5H3,(H,21,24)(H2,18,19,20). The predicted molar refractivity (Wildman–Crippen MR) is 97.0 cm³/mol. The van der Waals surface area contributed by atoms with E-state index < -0.39 is 5.54 Å². The number of rotatable bonds is 9. The zero-order chi connectivity index (χ0) is 18.2. The minimum Gasteiger partial charge on any atom is -0.357 e. The van der Waals surface area contributed by atoms with Gasteiger partial charge in [-0.25, -0.2) is 4.79 Å². The normalized spacial score (nSPS) is 21.4. The van der Waals surface area contributed by atoms with E-state index in [0.29, 0.717) is 31.8 Å². The Morgan fingerprint density at radius 2 is 2.00 bits per heavy atom. The van der Waals surface area contributed by atoms with Crippen molar-refractivity contribution in [1.29, 1.82) is 0 Å². The lowest BCUT2D eigenvalue weighted by atomic mass is 9.99. The Labute approximate surface area is 145 Å². The minimum atomic E-state index is -0.756. The highest BCUT2D eigenvalue weighted by Gasteiger charge is 2.45. The number of nitrogens with zero attached hydrogens (tertiary/aromatic N) is 2. The molecule has 1 atom stereocenters. The first-order valence-corrected chi connectivity index (χ1v) is 9.00. The smallest absolute Gasteiger partial charge is 0.325 e. The van der Waals surface area contributed by atoms with Crippen LogP contribution in [0, 0.1) is 5.92 Å². The number of imide groups is 1. The van der Waals surface area contributed by atoms with Crippen LogP contribution in [0.4, 0.5) is 4.79 Å². The second kappa shape index (κ2) is 9.49. The van der Waals surface area contributed by atoms with Crippen LogP contribution in [-0.4, -0.2) is 54.5 Å². The molecule has 3 amide bonds. The highest BCUT2D eigenvalue weighted by atomic mass is 16.2. The summed E-state index contributed by atoms with van der Waals surface area (Å²) in [5.74, 6) is 1.29. The number of guanidine groups is 1. The predicted octanol–water partition coefficient (Wildman–Crippen LogP) is 1.70. The van der Waals surface area contributed by atoms with Gasteiger partial charge in [0, 0.05) is 26.2 Å². The zero-order valence-corrected chi connectivity index (χ0v) is 15.7. The van der Waals surface area contributed by atoms with Gasteiger partial charge in [-0.15, -0.1) is 0 Å². The monoisotopic (exact) mass is 339 g/mol. The van der Waals surface area contributed by atoms with Crippen molar-refractivity contribution < 1.29 is 9.59 Å². The number of nitrogens with one attached hydrogen (secondary N) is 3. The molecule has 1 fully saturated rings. The number of urea groups is 1. The Kier molecular flexibility index (Phi) is 8.01. The third-order valence-corrected chi connectivity index (χ3v) is 4.22. The van der Waals surface area contributed by atoms with Crippen molar-refractivity contribution in [2.45, 2.75) is 59.4 Å². The van der Waals surface area contributed by atoms with Gasteiger partial charge in [0.1, 0.15) is 5.54 Å². The molecule has 1 rings (SSSR count). The lowest BCUT2D eigenvalue weighted by molar-refractivity contribution is -0.130. The van der Waals surface area contributed by atoms with Gasteiger partial charge in [-0.1, -0.05) is 20.8 Å². The third-order valence-electron chi connectivity index (χ3n) is 4.22. The van der Waals surface area contributed by atoms with Crippen LogP contribution in [0.25, 0.3) is 0 Å². The first-order chi connectivity index (χ1) is 11.3. The van der Waals surface area contributed by atoms with Crippen LogP contribution >= 0.6 is 0 Å². The lowest BCUT2D eigenvalue weighted by Gasteiger charge is -2.19. The van der Waals surface area contributed by atoms with Gasteiger partial charge in [-0.05, 0) is 39.0 Å². The Bertz CT molecular complexity index is 464. The molecule has 0 aromatic heterocycles. The molecule has 3 N–H and O–H groups in total. The van der Waals surface area contributed by atoms with Gasteiger partial charge in [0.2, 0.25) is 0 Å². The Balaban J connectivity index is 2.44. The summed E-state index contributed by atoms with van der Waals surface area (Å²) in [6.07, 6.45) is 2.33. The summed E-state index contributed by atoms with van der Waals surface area (Å²) in [7, 11) is 0. The maximum absolute atomic E-state index is 12.3. The molecule has 0 aliphatic carbocycles. The minimum absolute atomic E-state index is 0.138. The second-order valence-electron chi connectivity index (χ2n) is 6.80. The van der Waals surface area contributed by atoms with Crippen molar-refractivity contribution in [3.63, 3.8) is 0 Å². The van der Waals surface area contributed by atoms with Gasteiger partial charge < -0.3 is 16.0 Å². The van der Waals surface area contributed by atoms with E-state index in [-0.39, 0.29) is 11.9 Å². The first-order valence-electron chi connectivity index (χ1n) is 9.00. The van der Waals surface area contributed by atoms with E-state index in [4.69, 9.17) is 0 Å². The van der Waals surface area contributed by atoms with E-state index in [0.717, 1.165) is 25.5 Å². The molecule has 0 aromatic rings. The van der Waals surface area contributed by atoms with Crippen LogP contribution in [0.15, 0.2) is 4.99 Å². The van der Waals surface area contributed by atoms with Crippen LogP contribution in [0.5, 0.6) is 0 Å². The fourth-order valence-corrected chi connectivity index (χ4v) is 2.43. The van der Waals surface area contributed by atoms with E-state index in [1.807, 2.05) is 13.8 Å². The second-order valence-corrected chi connectivity index (χ2v) is 6.80. The Morgan fingerprint density at radius 1 is 1.29 bits per heavy atom. The van der Waals surface area contributed by atoms with Crippen LogP contribution < -0.4 is 16.0 Å². The van der Waals surface area contributed by atoms with Crippen molar-refractivity contribution >= 4 is 17.9 Å². The SMILES string of the molecule is CCNC(=NCCCN1C(=O)NC(C)(CC)C1=O)NCCC(C)C. The highest BCUT2D eigenvalue weighted by Crippen LogP contribution is 2.20. The molecule has 7 nitrogen and oxygen atoms in total. The van der Waals surface area contributed by atoms with Crippen molar-refractivity contribution in [3.8, 4) is 0 Å². The van der Waals surface area contributed by atoms with Crippen molar-refractivity contribution in [2.75, 3.05) is 26.2 Å². The van der Waals surface area contributed by atoms with Crippen molar-refractivity contribution in [1.82, 2.24) is 20.9 Å². The van der Waals surface area contributed by atoms with Gasteiger partial charge >= 0.3 is 6.03 Å². The quantitative estimate of drug-likeness (QED) is 0.258. The summed E-state index contributed by atoms with van der Waals surface area (Å²) in [5, 5.41) is 9.27. The lowest BCUT2D eigenvalue weighted by Crippen LogP contribution is -2.43. The molecule has 7 heteroatoms. The fraction of sp³-hybridized carbons (Fsp3) is 0.824. The number of hydrogen-bond donors (Lipinski definition) is 3. The van der Waals surface area contributed by atoms with E-state index in [2.05, 4.69) is 34.8 Å². The van der Waals surface area contributed by atoms with Crippen LogP contribution in [-0.2, 0) is 4.79 Å². The van der Waals surface area contributed by atoms with E-state index in [1.165, 1.54) is 4.90 Å². The third kappa shape index (κ3) is 5.69. The Hall–Kier alpha value is -1.79. The van der Waals surface area contributed by atoms with E-state index in [9.17, 15) is 9.59 Å². The molecular weight excluding hydrogens is 306 g/mol. The largest absolute Gasteiger partial charge is 0.357 e. The summed E-state index contributed by atoms with van der Waals surface area (Å²) in [4.78, 5) is 30.0. The molecular formula is C17H33N5O2. The average molecular weight is 339 g/mol. The summed E-state index contributed by atoms with van der Waals surface area (Å²) < 4.78 is 0. The summed E-state index contributed by atoms with van der Waals surface area (Å²) in [5.41, 5.74) is -0.756. The van der Waals surface area contributed by atoms with Crippen LogP contribution in [0.3, 0.4) is 0 Å². The van der Waals surface area contributed by atoms with Crippen molar-refractivity contribution in [3.05, 3.63) is 0 Å². The number of carbonyl (C=O) groups is 2. The summed E-state index contributed by atoms with van der Waals surface area (Å²) >= 11 is 0. The molecule has 138 valence electrons. The van der Waals surface area contributed by atoms with Gasteiger partial charge in [-0.3, -0.25) is 14.7 Å². The summed E-state index contributed by atoms with van der Waals surface area (Å²) in [6, 6.07) is -0.296. The molecule has 1 aliphatic heterocycles. The molecule has 0 aromatic carbocycles.